The highest BCUT2D eigenvalue weighted by Gasteiger charge is 2.20. The van der Waals surface area contributed by atoms with Crippen molar-refractivity contribution < 1.29 is 10.2 Å². The molecule has 2 aliphatic heterocycles. The second-order valence-corrected chi connectivity index (χ2v) is 8.22. The minimum atomic E-state index is 0.154. The molecule has 1 fully saturated rings. The van der Waals surface area contributed by atoms with Crippen molar-refractivity contribution in [3.8, 4) is 0 Å². The summed E-state index contributed by atoms with van der Waals surface area (Å²) in [5.41, 5.74) is 9.03. The van der Waals surface area contributed by atoms with Crippen LogP contribution in [0.5, 0.6) is 0 Å². The summed E-state index contributed by atoms with van der Waals surface area (Å²) in [7, 11) is 0. The molecule has 4 heterocycles. The number of hydrogen-bond donors (Lipinski definition) is 4. The van der Waals surface area contributed by atoms with E-state index in [2.05, 4.69) is 41.0 Å². The third kappa shape index (κ3) is 4.71. The second kappa shape index (κ2) is 8.71. The fraction of sp³-hybridized carbons (Fsp3) is 0.409. The van der Waals surface area contributed by atoms with Crippen LogP contribution in [0, 0.1) is 5.92 Å². The van der Waals surface area contributed by atoms with Crippen molar-refractivity contribution in [1.29, 1.82) is 0 Å². The average molecular weight is 409 g/mol. The van der Waals surface area contributed by atoms with Crippen LogP contribution in [0.2, 0.25) is 0 Å². The van der Waals surface area contributed by atoms with E-state index in [9.17, 15) is 4.79 Å². The lowest BCUT2D eigenvalue weighted by molar-refractivity contribution is -0.656. The summed E-state index contributed by atoms with van der Waals surface area (Å²) in [6, 6.07) is 6.31. The van der Waals surface area contributed by atoms with Crippen LogP contribution in [0.25, 0.3) is 11.0 Å². The fourth-order valence-electron chi connectivity index (χ4n) is 3.77. The minimum absolute atomic E-state index is 0.154. The Morgan fingerprint density at radius 1 is 1.27 bits per heavy atom. The standard InChI is InChI=1S/C22H29N7O/c1-14(2)16-10-22(28-24-12-16)27-21-5-4-19-20(26-21)11-18(13-23-19)25-17-6-8-29(9-7-17)15(3)30/h4-5,10-14,17,24-25,28H,6-9H2,1-3H3,(H,26,27)/p+1. The molecule has 30 heavy (non-hydrogen) atoms. The highest BCUT2D eigenvalue weighted by Crippen LogP contribution is 2.21. The summed E-state index contributed by atoms with van der Waals surface area (Å²) in [5, 5.41) is 6.94. The van der Waals surface area contributed by atoms with Crippen LogP contribution in [0.1, 0.15) is 33.6 Å². The number of carbonyl (C=O) groups excluding carboxylic acids is 1. The summed E-state index contributed by atoms with van der Waals surface area (Å²) < 4.78 is 0. The molecular weight excluding hydrogens is 378 g/mol. The van der Waals surface area contributed by atoms with Gasteiger partial charge in [0.2, 0.25) is 11.7 Å². The lowest BCUT2D eigenvalue weighted by Gasteiger charge is -2.32. The highest BCUT2D eigenvalue weighted by atomic mass is 16.2. The molecule has 0 bridgehead atoms. The van der Waals surface area contributed by atoms with Gasteiger partial charge < -0.3 is 10.2 Å². The first-order valence-electron chi connectivity index (χ1n) is 10.5. The van der Waals surface area contributed by atoms with E-state index in [1.807, 2.05) is 40.9 Å². The predicted molar refractivity (Wildman–Crippen MR) is 118 cm³/mol. The van der Waals surface area contributed by atoms with Crippen molar-refractivity contribution in [3.63, 3.8) is 0 Å². The molecule has 0 spiro atoms. The molecule has 4 rings (SSSR count). The lowest BCUT2D eigenvalue weighted by Crippen LogP contribution is -2.92. The number of likely N-dealkylation sites (tertiary alicyclic amines) is 1. The number of anilines is 2. The van der Waals surface area contributed by atoms with Crippen molar-refractivity contribution in [2.24, 2.45) is 5.92 Å². The highest BCUT2D eigenvalue weighted by molar-refractivity contribution is 5.79. The zero-order valence-corrected chi connectivity index (χ0v) is 17.8. The van der Waals surface area contributed by atoms with E-state index in [1.54, 1.807) is 6.92 Å². The second-order valence-electron chi connectivity index (χ2n) is 8.22. The van der Waals surface area contributed by atoms with Gasteiger partial charge in [-0.3, -0.25) is 15.1 Å². The average Bonchev–Trinajstić information content (AvgIpc) is 2.74. The largest absolute Gasteiger partial charge is 0.381 e. The normalized spacial score (nSPS) is 17.4. The molecule has 0 saturated carbocycles. The molecule has 158 valence electrons. The Bertz CT molecular complexity index is 990. The van der Waals surface area contributed by atoms with Crippen molar-refractivity contribution in [2.45, 2.75) is 39.7 Å². The molecule has 2 aromatic rings. The minimum Gasteiger partial charge on any atom is -0.381 e. The maximum Gasteiger partial charge on any atom is 0.228 e. The van der Waals surface area contributed by atoms with Gasteiger partial charge in [-0.05, 0) is 42.5 Å². The van der Waals surface area contributed by atoms with E-state index in [-0.39, 0.29) is 5.91 Å². The third-order valence-electron chi connectivity index (χ3n) is 5.60. The first-order valence-corrected chi connectivity index (χ1v) is 10.5. The number of nitrogens with two attached hydrogens (primary N) is 1. The number of fused-ring (bicyclic) bond motifs is 1. The van der Waals surface area contributed by atoms with Gasteiger partial charge in [0.05, 0.1) is 29.1 Å². The molecule has 0 aliphatic carbocycles. The number of pyridine rings is 2. The van der Waals surface area contributed by atoms with E-state index in [4.69, 9.17) is 4.98 Å². The Morgan fingerprint density at radius 2 is 2.07 bits per heavy atom. The number of carbonyl (C=O) groups is 1. The van der Waals surface area contributed by atoms with Gasteiger partial charge in [0, 0.05) is 32.1 Å². The molecule has 0 radical (unpaired) electrons. The maximum atomic E-state index is 11.5. The molecule has 8 heteroatoms. The number of rotatable bonds is 5. The SMILES string of the molecule is CC(=O)N1CCC(Nc2cnc3ccc(NC4=CC(C(C)C)=CN[NH2+]4)nc3c2)CC1. The van der Waals surface area contributed by atoms with E-state index in [1.165, 1.54) is 5.57 Å². The van der Waals surface area contributed by atoms with Crippen LogP contribution in [0.3, 0.4) is 0 Å². The topological polar surface area (TPSA) is 98.8 Å². The van der Waals surface area contributed by atoms with Crippen LogP contribution < -0.4 is 21.5 Å². The number of hydrogen-bond acceptors (Lipinski definition) is 6. The lowest BCUT2D eigenvalue weighted by atomic mass is 10.0. The van der Waals surface area contributed by atoms with E-state index < -0.39 is 0 Å². The molecule has 2 aromatic heterocycles. The number of allylic oxidation sites excluding steroid dienone is 2. The molecule has 0 atom stereocenters. The maximum absolute atomic E-state index is 11.5. The number of piperidine rings is 1. The molecule has 2 aliphatic rings. The third-order valence-corrected chi connectivity index (χ3v) is 5.60. The van der Waals surface area contributed by atoms with Gasteiger partial charge in [-0.2, -0.15) is 5.43 Å². The summed E-state index contributed by atoms with van der Waals surface area (Å²) in [6.45, 7) is 7.58. The summed E-state index contributed by atoms with van der Waals surface area (Å²) in [6.07, 6.45) is 7.89. The van der Waals surface area contributed by atoms with Crippen LogP contribution in [-0.2, 0) is 4.79 Å². The number of amides is 1. The van der Waals surface area contributed by atoms with Gasteiger partial charge in [0.25, 0.3) is 0 Å². The van der Waals surface area contributed by atoms with Gasteiger partial charge in [0.1, 0.15) is 5.82 Å². The van der Waals surface area contributed by atoms with Crippen molar-refractivity contribution in [1.82, 2.24) is 20.3 Å². The first-order chi connectivity index (χ1) is 14.5. The van der Waals surface area contributed by atoms with Crippen molar-refractivity contribution >= 4 is 28.4 Å². The summed E-state index contributed by atoms with van der Waals surface area (Å²) in [5.74, 6) is 2.37. The van der Waals surface area contributed by atoms with Gasteiger partial charge >= 0.3 is 0 Å². The molecule has 8 nitrogen and oxygen atoms in total. The molecule has 5 N–H and O–H groups in total. The molecular formula is C22H30N7O+. The van der Waals surface area contributed by atoms with Gasteiger partial charge in [-0.25, -0.2) is 10.4 Å². The quantitative estimate of drug-likeness (QED) is 0.565. The Hall–Kier alpha value is -3.13. The van der Waals surface area contributed by atoms with E-state index >= 15 is 0 Å². The van der Waals surface area contributed by atoms with Crippen molar-refractivity contribution in [3.05, 3.63) is 48.1 Å². The number of aromatic nitrogens is 2. The van der Waals surface area contributed by atoms with Crippen LogP contribution in [-0.4, -0.2) is 39.9 Å². The smallest absolute Gasteiger partial charge is 0.228 e. The van der Waals surface area contributed by atoms with Crippen LogP contribution in [0.4, 0.5) is 11.5 Å². The Kier molecular flexibility index (Phi) is 5.85. The number of nitrogens with one attached hydrogen (secondary N) is 3. The van der Waals surface area contributed by atoms with Crippen LogP contribution in [0.15, 0.2) is 48.1 Å². The zero-order valence-electron chi connectivity index (χ0n) is 17.8. The first kappa shape index (κ1) is 20.2. The van der Waals surface area contributed by atoms with E-state index in [0.29, 0.717) is 12.0 Å². The predicted octanol–water partition coefficient (Wildman–Crippen LogP) is 1.93. The zero-order chi connectivity index (χ0) is 21.1. The fourth-order valence-corrected chi connectivity index (χ4v) is 3.77. The van der Waals surface area contributed by atoms with Gasteiger partial charge in [-0.15, -0.1) is 0 Å². The van der Waals surface area contributed by atoms with E-state index in [0.717, 1.165) is 54.3 Å². The Morgan fingerprint density at radius 3 is 2.80 bits per heavy atom. The number of nitrogens with zero attached hydrogens (tertiary/aromatic N) is 3. The molecule has 0 aromatic carbocycles. The number of quaternary nitrogens is 1. The Balaban J connectivity index is 1.45. The summed E-state index contributed by atoms with van der Waals surface area (Å²) in [4.78, 5) is 22.7. The van der Waals surface area contributed by atoms with Gasteiger partial charge in [0.15, 0.2) is 0 Å². The Labute approximate surface area is 176 Å². The summed E-state index contributed by atoms with van der Waals surface area (Å²) >= 11 is 0. The molecule has 1 amide bonds. The monoisotopic (exact) mass is 408 g/mol. The van der Waals surface area contributed by atoms with Gasteiger partial charge in [-0.1, -0.05) is 13.8 Å². The van der Waals surface area contributed by atoms with Crippen molar-refractivity contribution in [2.75, 3.05) is 23.7 Å². The van der Waals surface area contributed by atoms with Crippen LogP contribution >= 0.6 is 0 Å². The molecule has 0 unspecified atom stereocenters. The molecule has 1 saturated heterocycles.